The molecule has 0 aromatic heterocycles. The lowest BCUT2D eigenvalue weighted by Gasteiger charge is -2.29. The van der Waals surface area contributed by atoms with Gasteiger partial charge in [-0.2, -0.15) is 5.10 Å². The number of nitrogens with zero attached hydrogens (tertiary/aromatic N) is 3. The SMILES string of the molecule is CCOC(=O)C1=NN(C(C)=O)[C@]2(CC(=O)N(c3ccc(C)c(Cl)c3)C2=O)C1. The second-order valence-electron chi connectivity index (χ2n) is 6.45. The van der Waals surface area contributed by atoms with Crippen molar-refractivity contribution in [1.82, 2.24) is 5.01 Å². The zero-order valence-corrected chi connectivity index (χ0v) is 15.9. The van der Waals surface area contributed by atoms with Gasteiger partial charge in [0.05, 0.1) is 18.7 Å². The van der Waals surface area contributed by atoms with Gasteiger partial charge in [-0.15, -0.1) is 0 Å². The number of benzene rings is 1. The minimum absolute atomic E-state index is 0.0583. The highest BCUT2D eigenvalue weighted by Gasteiger charge is 2.61. The van der Waals surface area contributed by atoms with Crippen molar-refractivity contribution >= 4 is 46.7 Å². The fourth-order valence-corrected chi connectivity index (χ4v) is 3.49. The van der Waals surface area contributed by atoms with Crippen LogP contribution in [0.15, 0.2) is 23.3 Å². The normalized spacial score (nSPS) is 21.9. The van der Waals surface area contributed by atoms with Crippen LogP contribution < -0.4 is 4.90 Å². The molecule has 3 rings (SSSR count). The Morgan fingerprint density at radius 3 is 2.59 bits per heavy atom. The first-order chi connectivity index (χ1) is 12.7. The number of anilines is 1. The van der Waals surface area contributed by atoms with E-state index < -0.39 is 29.2 Å². The quantitative estimate of drug-likeness (QED) is 0.578. The summed E-state index contributed by atoms with van der Waals surface area (Å²) < 4.78 is 4.92. The molecule has 1 aromatic rings. The molecule has 2 aliphatic rings. The second-order valence-corrected chi connectivity index (χ2v) is 6.86. The third kappa shape index (κ3) is 2.99. The van der Waals surface area contributed by atoms with Gasteiger partial charge in [-0.25, -0.2) is 14.7 Å². The van der Waals surface area contributed by atoms with Crippen molar-refractivity contribution in [1.29, 1.82) is 0 Å². The van der Waals surface area contributed by atoms with Gasteiger partial charge in [0, 0.05) is 18.4 Å². The lowest BCUT2D eigenvalue weighted by molar-refractivity contribution is -0.141. The molecule has 3 amide bonds. The molecule has 27 heavy (non-hydrogen) atoms. The highest BCUT2D eigenvalue weighted by Crippen LogP contribution is 2.41. The first kappa shape index (κ1) is 19.0. The minimum atomic E-state index is -1.55. The number of hydrogen-bond donors (Lipinski definition) is 0. The third-order valence-corrected chi connectivity index (χ3v) is 5.01. The Bertz CT molecular complexity index is 897. The number of halogens is 1. The van der Waals surface area contributed by atoms with Crippen molar-refractivity contribution in [2.24, 2.45) is 5.10 Å². The number of hydrazone groups is 1. The van der Waals surface area contributed by atoms with E-state index in [4.69, 9.17) is 16.3 Å². The number of carbonyl (C=O) groups is 4. The van der Waals surface area contributed by atoms with Crippen molar-refractivity contribution in [3.8, 4) is 0 Å². The van der Waals surface area contributed by atoms with E-state index in [0.717, 1.165) is 15.5 Å². The molecule has 0 bridgehead atoms. The van der Waals surface area contributed by atoms with Crippen LogP contribution in [0.5, 0.6) is 0 Å². The first-order valence-electron chi connectivity index (χ1n) is 8.40. The summed E-state index contributed by atoms with van der Waals surface area (Å²) in [6, 6.07) is 4.82. The van der Waals surface area contributed by atoms with E-state index in [1.165, 1.54) is 13.0 Å². The average molecular weight is 392 g/mol. The van der Waals surface area contributed by atoms with E-state index in [1.807, 2.05) is 0 Å². The topological polar surface area (TPSA) is 96.3 Å². The van der Waals surface area contributed by atoms with Crippen LogP contribution in [-0.2, 0) is 23.9 Å². The number of aryl methyl sites for hydroxylation is 1. The number of esters is 1. The van der Waals surface area contributed by atoms with Crippen LogP contribution in [-0.4, -0.2) is 46.6 Å². The molecule has 1 fully saturated rings. The summed E-state index contributed by atoms with van der Waals surface area (Å²) in [6.07, 6.45) is -0.449. The van der Waals surface area contributed by atoms with E-state index in [2.05, 4.69) is 5.10 Å². The van der Waals surface area contributed by atoms with Crippen LogP contribution in [0, 0.1) is 6.92 Å². The van der Waals surface area contributed by atoms with Crippen LogP contribution in [0.3, 0.4) is 0 Å². The maximum atomic E-state index is 13.2. The highest BCUT2D eigenvalue weighted by molar-refractivity contribution is 6.39. The summed E-state index contributed by atoms with van der Waals surface area (Å²) in [5, 5.41) is 5.32. The number of carbonyl (C=O) groups excluding carboxylic acids is 4. The van der Waals surface area contributed by atoms with E-state index in [9.17, 15) is 19.2 Å². The summed E-state index contributed by atoms with van der Waals surface area (Å²) in [5.41, 5.74) is -0.501. The van der Waals surface area contributed by atoms with E-state index >= 15 is 0 Å². The molecule has 0 unspecified atom stereocenters. The molecule has 1 atom stereocenters. The second kappa shape index (κ2) is 6.77. The standard InChI is InChI=1S/C18H18ClN3O5/c1-4-27-16(25)14-8-18(22(20-14)11(3)23)9-15(24)21(17(18)26)12-6-5-10(2)13(19)7-12/h5-7H,4,8-9H2,1-3H3/t18-/m0/s1. The molecule has 0 aliphatic carbocycles. The number of imide groups is 1. The zero-order chi connectivity index (χ0) is 19.9. The van der Waals surface area contributed by atoms with Gasteiger partial charge in [0.2, 0.25) is 11.8 Å². The molecule has 0 N–H and O–H groups in total. The van der Waals surface area contributed by atoms with Crippen LogP contribution in [0.25, 0.3) is 0 Å². The lowest BCUT2D eigenvalue weighted by atomic mass is 9.91. The van der Waals surface area contributed by atoms with Crippen molar-refractivity contribution in [3.05, 3.63) is 28.8 Å². The lowest BCUT2D eigenvalue weighted by Crippen LogP contribution is -2.51. The summed E-state index contributed by atoms with van der Waals surface area (Å²) in [5.74, 6) is -2.37. The maximum Gasteiger partial charge on any atom is 0.354 e. The smallest absolute Gasteiger partial charge is 0.354 e. The number of rotatable bonds is 3. The summed E-state index contributed by atoms with van der Waals surface area (Å²) in [4.78, 5) is 51.0. The molecule has 2 heterocycles. The molecule has 9 heteroatoms. The molecule has 142 valence electrons. The predicted octanol–water partition coefficient (Wildman–Crippen LogP) is 1.82. The molecular formula is C18H18ClN3O5. The Morgan fingerprint density at radius 1 is 1.30 bits per heavy atom. The third-order valence-electron chi connectivity index (χ3n) is 4.60. The van der Waals surface area contributed by atoms with Gasteiger partial charge in [0.25, 0.3) is 5.91 Å². The van der Waals surface area contributed by atoms with Crippen molar-refractivity contribution < 1.29 is 23.9 Å². The maximum absolute atomic E-state index is 13.2. The predicted molar refractivity (Wildman–Crippen MR) is 97.2 cm³/mol. The number of hydrogen-bond acceptors (Lipinski definition) is 6. The van der Waals surface area contributed by atoms with Crippen LogP contribution in [0.2, 0.25) is 5.02 Å². The largest absolute Gasteiger partial charge is 0.461 e. The average Bonchev–Trinajstić information content (AvgIpc) is 3.10. The Hall–Kier alpha value is -2.74. The molecule has 1 saturated heterocycles. The highest BCUT2D eigenvalue weighted by atomic mass is 35.5. The van der Waals surface area contributed by atoms with E-state index in [1.54, 1.807) is 26.0 Å². The van der Waals surface area contributed by atoms with Gasteiger partial charge in [-0.1, -0.05) is 17.7 Å². The van der Waals surface area contributed by atoms with Crippen LogP contribution in [0.1, 0.15) is 32.3 Å². The van der Waals surface area contributed by atoms with Gasteiger partial charge in [0.15, 0.2) is 5.54 Å². The van der Waals surface area contributed by atoms with Crippen molar-refractivity contribution in [2.45, 2.75) is 39.2 Å². The first-order valence-corrected chi connectivity index (χ1v) is 8.78. The summed E-state index contributed by atoms with van der Waals surface area (Å²) >= 11 is 6.12. The van der Waals surface area contributed by atoms with Crippen molar-refractivity contribution in [2.75, 3.05) is 11.5 Å². The Morgan fingerprint density at radius 2 is 2.00 bits per heavy atom. The molecule has 0 saturated carbocycles. The summed E-state index contributed by atoms with van der Waals surface area (Å²) in [7, 11) is 0. The monoisotopic (exact) mass is 391 g/mol. The van der Waals surface area contributed by atoms with Gasteiger partial charge >= 0.3 is 5.97 Å². The van der Waals surface area contributed by atoms with Gasteiger partial charge in [-0.05, 0) is 31.5 Å². The van der Waals surface area contributed by atoms with E-state index in [0.29, 0.717) is 10.7 Å². The molecule has 1 aromatic carbocycles. The molecule has 1 spiro atoms. The fraction of sp³-hybridized carbons (Fsp3) is 0.389. The number of amides is 3. The van der Waals surface area contributed by atoms with Crippen LogP contribution >= 0.6 is 11.6 Å². The van der Waals surface area contributed by atoms with Gasteiger partial charge < -0.3 is 4.74 Å². The summed E-state index contributed by atoms with van der Waals surface area (Å²) in [6.45, 7) is 4.79. The molecule has 2 aliphatic heterocycles. The molecule has 8 nitrogen and oxygen atoms in total. The van der Waals surface area contributed by atoms with Crippen molar-refractivity contribution in [3.63, 3.8) is 0 Å². The van der Waals surface area contributed by atoms with Crippen LogP contribution in [0.4, 0.5) is 5.69 Å². The van der Waals surface area contributed by atoms with Gasteiger partial charge in [-0.3, -0.25) is 14.4 Å². The van der Waals surface area contributed by atoms with E-state index in [-0.39, 0.29) is 25.2 Å². The number of ether oxygens (including phenoxy) is 1. The fourth-order valence-electron chi connectivity index (χ4n) is 3.31. The minimum Gasteiger partial charge on any atom is -0.461 e. The molecular weight excluding hydrogens is 374 g/mol. The Labute approximate surface area is 160 Å². The Balaban J connectivity index is 2.00. The molecule has 0 radical (unpaired) electrons. The Kier molecular flexibility index (Phi) is 4.77. The zero-order valence-electron chi connectivity index (χ0n) is 15.1. The van der Waals surface area contributed by atoms with Gasteiger partial charge in [0.1, 0.15) is 5.71 Å².